The average molecular weight is 319 g/mol. The van der Waals surface area contributed by atoms with E-state index in [0.29, 0.717) is 0 Å². The van der Waals surface area contributed by atoms with Crippen molar-refractivity contribution in [1.82, 2.24) is 5.32 Å². The number of nitrogens with two attached hydrogens (primary N) is 1. The number of nitrogens with one attached hydrogen (secondary N) is 1. The lowest BCUT2D eigenvalue weighted by Crippen LogP contribution is -2.11. The minimum atomic E-state index is 0.988. The van der Waals surface area contributed by atoms with Crippen molar-refractivity contribution >= 4 is 0 Å². The second-order valence-corrected chi connectivity index (χ2v) is 3.84. The summed E-state index contributed by atoms with van der Waals surface area (Å²) in [4.78, 5) is 0. The molecule has 0 heterocycles. The fourth-order valence-corrected chi connectivity index (χ4v) is 1.31. The number of rotatable bonds is 9. The number of allylic oxidation sites excluding steroid dienone is 1. The molecule has 3 N–H and O–H groups in total. The van der Waals surface area contributed by atoms with Gasteiger partial charge in [0.2, 0.25) is 0 Å². The molecule has 0 aliphatic rings. The van der Waals surface area contributed by atoms with Crippen LogP contribution in [0.5, 0.6) is 0 Å². The van der Waals surface area contributed by atoms with Crippen molar-refractivity contribution in [2.75, 3.05) is 6.54 Å². The Kier molecular flexibility index (Phi) is 75.1. The molecule has 0 aliphatic heterocycles. The van der Waals surface area contributed by atoms with Crippen LogP contribution in [0.4, 0.5) is 0 Å². The fourth-order valence-electron chi connectivity index (χ4n) is 1.31. The fraction of sp³-hybridized carbons (Fsp3) is 0.900. The molecule has 2 nitrogen and oxygen atoms in total. The summed E-state index contributed by atoms with van der Waals surface area (Å²) in [5.74, 6) is 0. The molecule has 0 amide bonds. The molecule has 0 aliphatic carbocycles. The first-order valence-corrected chi connectivity index (χ1v) is 9.99. The van der Waals surface area contributed by atoms with Crippen LogP contribution < -0.4 is 11.1 Å². The molecule has 0 rings (SSSR count). The molecule has 0 aromatic carbocycles. The zero-order chi connectivity index (χ0) is 18.6. The molecule has 0 unspecified atom stereocenters. The topological polar surface area (TPSA) is 38.0 Å². The van der Waals surface area contributed by atoms with Crippen molar-refractivity contribution in [1.29, 1.82) is 0 Å². The van der Waals surface area contributed by atoms with Gasteiger partial charge in [-0.05, 0) is 19.3 Å². The molecular formula is C20H50N2. The highest BCUT2D eigenvalue weighted by molar-refractivity contribution is 4.94. The SMILES string of the molecule is CC.CC.CC.CC.CCCCCCN/C=C(\N)CCCC. The van der Waals surface area contributed by atoms with Crippen molar-refractivity contribution in [3.05, 3.63) is 11.9 Å². The standard InChI is InChI=1S/C12H26N2.4C2H6/c1-3-5-7-8-10-14-11-12(13)9-6-4-2;4*1-2/h11,14H,3-10,13H2,1-2H3;4*1-2H3/b12-11-;;;;. The Bertz CT molecular complexity index is 143. The van der Waals surface area contributed by atoms with E-state index in [9.17, 15) is 0 Å². The number of hydrogen-bond donors (Lipinski definition) is 2. The summed E-state index contributed by atoms with van der Waals surface area (Å²) in [6.07, 6.45) is 10.6. The zero-order valence-electron chi connectivity index (χ0n) is 17.8. The summed E-state index contributed by atoms with van der Waals surface area (Å²) in [6.45, 7) is 21.5. The summed E-state index contributed by atoms with van der Waals surface area (Å²) in [7, 11) is 0. The van der Waals surface area contributed by atoms with Gasteiger partial charge in [0.1, 0.15) is 0 Å². The van der Waals surface area contributed by atoms with E-state index in [4.69, 9.17) is 5.73 Å². The van der Waals surface area contributed by atoms with E-state index in [2.05, 4.69) is 19.2 Å². The molecule has 0 aromatic heterocycles. The zero-order valence-corrected chi connectivity index (χ0v) is 17.8. The monoisotopic (exact) mass is 318 g/mol. The third kappa shape index (κ3) is 50.6. The molecule has 0 saturated heterocycles. The predicted molar refractivity (Wildman–Crippen MR) is 109 cm³/mol. The van der Waals surface area contributed by atoms with Crippen molar-refractivity contribution in [3.63, 3.8) is 0 Å². The first-order chi connectivity index (χ1) is 10.8. The molecule has 0 saturated carbocycles. The maximum Gasteiger partial charge on any atom is 0.0240 e. The van der Waals surface area contributed by atoms with Crippen LogP contribution in [0.15, 0.2) is 11.9 Å². The Hall–Kier alpha value is -0.660. The molecule has 0 bridgehead atoms. The molecular weight excluding hydrogens is 268 g/mol. The van der Waals surface area contributed by atoms with Crippen LogP contribution in [0.1, 0.15) is 114 Å². The van der Waals surface area contributed by atoms with Crippen LogP contribution in [-0.4, -0.2) is 6.54 Å². The van der Waals surface area contributed by atoms with Gasteiger partial charge in [0, 0.05) is 18.4 Å². The van der Waals surface area contributed by atoms with E-state index in [1.54, 1.807) is 0 Å². The van der Waals surface area contributed by atoms with E-state index in [-0.39, 0.29) is 0 Å². The first kappa shape index (κ1) is 33.1. The largest absolute Gasteiger partial charge is 0.401 e. The van der Waals surface area contributed by atoms with Gasteiger partial charge in [0.25, 0.3) is 0 Å². The lowest BCUT2D eigenvalue weighted by molar-refractivity contribution is 0.642. The highest BCUT2D eigenvalue weighted by Crippen LogP contribution is 2.00. The first-order valence-electron chi connectivity index (χ1n) is 9.99. The predicted octanol–water partition coefficient (Wildman–Crippen LogP) is 7.25. The van der Waals surface area contributed by atoms with E-state index in [0.717, 1.165) is 18.7 Å². The van der Waals surface area contributed by atoms with Gasteiger partial charge in [-0.2, -0.15) is 0 Å². The third-order valence-electron chi connectivity index (χ3n) is 2.28. The number of unbranched alkanes of at least 4 members (excludes halogenated alkanes) is 4. The highest BCUT2D eigenvalue weighted by Gasteiger charge is 1.89. The molecule has 2 heteroatoms. The third-order valence-corrected chi connectivity index (χ3v) is 2.28. The Morgan fingerprint density at radius 3 is 1.59 bits per heavy atom. The van der Waals surface area contributed by atoms with Crippen molar-refractivity contribution in [2.45, 2.75) is 114 Å². The van der Waals surface area contributed by atoms with Crippen molar-refractivity contribution in [3.8, 4) is 0 Å². The van der Waals surface area contributed by atoms with E-state index >= 15 is 0 Å². The van der Waals surface area contributed by atoms with Gasteiger partial charge in [-0.3, -0.25) is 0 Å². The molecule has 140 valence electrons. The van der Waals surface area contributed by atoms with Gasteiger partial charge in [-0.15, -0.1) is 0 Å². The summed E-state index contributed by atoms with van der Waals surface area (Å²) in [5, 5.41) is 3.27. The Balaban J connectivity index is -0.000000103. The lowest BCUT2D eigenvalue weighted by atomic mass is 10.2. The highest BCUT2D eigenvalue weighted by atomic mass is 14.8. The second-order valence-electron chi connectivity index (χ2n) is 3.84. The number of hydrogen-bond acceptors (Lipinski definition) is 2. The van der Waals surface area contributed by atoms with Crippen molar-refractivity contribution in [2.24, 2.45) is 5.73 Å². The molecule has 0 radical (unpaired) electrons. The van der Waals surface area contributed by atoms with Crippen LogP contribution in [-0.2, 0) is 0 Å². The van der Waals surface area contributed by atoms with E-state index in [1.165, 1.54) is 38.5 Å². The molecule has 0 spiro atoms. The Labute approximate surface area is 144 Å². The van der Waals surface area contributed by atoms with Crippen LogP contribution >= 0.6 is 0 Å². The van der Waals surface area contributed by atoms with Gasteiger partial charge < -0.3 is 11.1 Å². The maximum absolute atomic E-state index is 5.80. The summed E-state index contributed by atoms with van der Waals surface area (Å²) in [6, 6.07) is 0. The Morgan fingerprint density at radius 1 is 0.727 bits per heavy atom. The average Bonchev–Trinajstić information content (AvgIpc) is 2.63. The minimum absolute atomic E-state index is 0.988. The van der Waals surface area contributed by atoms with Gasteiger partial charge >= 0.3 is 0 Å². The quantitative estimate of drug-likeness (QED) is 0.439. The van der Waals surface area contributed by atoms with Crippen LogP contribution in [0.2, 0.25) is 0 Å². The van der Waals surface area contributed by atoms with Gasteiger partial charge in [-0.1, -0.05) is 94.9 Å². The van der Waals surface area contributed by atoms with Gasteiger partial charge in [0.15, 0.2) is 0 Å². The molecule has 22 heavy (non-hydrogen) atoms. The van der Waals surface area contributed by atoms with Crippen LogP contribution in [0.25, 0.3) is 0 Å². The molecule has 0 atom stereocenters. The molecule has 0 fully saturated rings. The smallest absolute Gasteiger partial charge is 0.0240 e. The second kappa shape index (κ2) is 50.0. The van der Waals surface area contributed by atoms with E-state index in [1.807, 2.05) is 61.6 Å². The lowest BCUT2D eigenvalue weighted by Gasteiger charge is -2.03. The minimum Gasteiger partial charge on any atom is -0.401 e. The van der Waals surface area contributed by atoms with Crippen molar-refractivity contribution < 1.29 is 0 Å². The Morgan fingerprint density at radius 2 is 1.18 bits per heavy atom. The summed E-state index contributed by atoms with van der Waals surface area (Å²) in [5.41, 5.74) is 6.79. The van der Waals surface area contributed by atoms with Gasteiger partial charge in [0.05, 0.1) is 0 Å². The van der Waals surface area contributed by atoms with Crippen LogP contribution in [0.3, 0.4) is 0 Å². The summed E-state index contributed by atoms with van der Waals surface area (Å²) < 4.78 is 0. The van der Waals surface area contributed by atoms with E-state index < -0.39 is 0 Å². The maximum atomic E-state index is 5.80. The molecule has 0 aromatic rings. The van der Waals surface area contributed by atoms with Crippen LogP contribution in [0, 0.1) is 0 Å². The normalized spacial score (nSPS) is 8.55. The van der Waals surface area contributed by atoms with Gasteiger partial charge in [-0.25, -0.2) is 0 Å². The summed E-state index contributed by atoms with van der Waals surface area (Å²) >= 11 is 0.